The van der Waals surface area contributed by atoms with Crippen LogP contribution in [0.3, 0.4) is 0 Å². The lowest BCUT2D eigenvalue weighted by molar-refractivity contribution is -0.134. The van der Waals surface area contributed by atoms with Crippen LogP contribution in [0, 0.1) is 0 Å². The SMILES string of the molecule is CC1NCCN(C(=O)CCCc2ncc(-c3ccccc3)o2)C1C. The Labute approximate surface area is 143 Å². The van der Waals surface area contributed by atoms with Gasteiger partial charge in [0.15, 0.2) is 11.7 Å². The summed E-state index contributed by atoms with van der Waals surface area (Å²) in [5, 5.41) is 3.40. The molecule has 1 amide bonds. The van der Waals surface area contributed by atoms with Crippen LogP contribution in [0.15, 0.2) is 40.9 Å². The highest BCUT2D eigenvalue weighted by Gasteiger charge is 2.27. The third kappa shape index (κ3) is 3.85. The molecule has 0 radical (unpaired) electrons. The van der Waals surface area contributed by atoms with Crippen molar-refractivity contribution in [1.29, 1.82) is 0 Å². The van der Waals surface area contributed by atoms with Crippen molar-refractivity contribution in [2.45, 2.75) is 45.2 Å². The van der Waals surface area contributed by atoms with E-state index in [0.29, 0.717) is 24.8 Å². The molecule has 128 valence electrons. The van der Waals surface area contributed by atoms with Gasteiger partial charge in [0.25, 0.3) is 0 Å². The van der Waals surface area contributed by atoms with Crippen molar-refractivity contribution in [2.24, 2.45) is 0 Å². The van der Waals surface area contributed by atoms with Crippen LogP contribution < -0.4 is 5.32 Å². The number of aromatic nitrogens is 1. The summed E-state index contributed by atoms with van der Waals surface area (Å²) in [6.45, 7) is 5.90. The number of amides is 1. The van der Waals surface area contributed by atoms with Gasteiger partial charge in [0.2, 0.25) is 5.91 Å². The number of oxazole rings is 1. The van der Waals surface area contributed by atoms with E-state index >= 15 is 0 Å². The summed E-state index contributed by atoms with van der Waals surface area (Å²) in [5.74, 6) is 1.70. The molecule has 0 spiro atoms. The second-order valence-electron chi connectivity index (χ2n) is 6.41. The number of hydrogen-bond donors (Lipinski definition) is 1. The van der Waals surface area contributed by atoms with Crippen LogP contribution in [0.2, 0.25) is 0 Å². The Bertz CT molecular complexity index is 668. The first-order valence-electron chi connectivity index (χ1n) is 8.68. The van der Waals surface area contributed by atoms with Gasteiger partial charge in [-0.3, -0.25) is 4.79 Å². The molecule has 2 unspecified atom stereocenters. The van der Waals surface area contributed by atoms with E-state index < -0.39 is 0 Å². The van der Waals surface area contributed by atoms with E-state index in [1.54, 1.807) is 6.20 Å². The molecule has 5 heteroatoms. The van der Waals surface area contributed by atoms with Gasteiger partial charge in [0.1, 0.15) is 0 Å². The van der Waals surface area contributed by atoms with Gasteiger partial charge in [-0.15, -0.1) is 0 Å². The summed E-state index contributed by atoms with van der Waals surface area (Å²) in [4.78, 5) is 18.7. The molecule has 0 saturated carbocycles. The van der Waals surface area contributed by atoms with Crippen LogP contribution in [-0.2, 0) is 11.2 Å². The fourth-order valence-corrected chi connectivity index (χ4v) is 3.10. The minimum Gasteiger partial charge on any atom is -0.441 e. The molecule has 24 heavy (non-hydrogen) atoms. The van der Waals surface area contributed by atoms with Gasteiger partial charge in [-0.25, -0.2) is 4.98 Å². The molecule has 1 N–H and O–H groups in total. The maximum absolute atomic E-state index is 12.4. The molecule has 1 aliphatic rings. The molecule has 2 aromatic rings. The Hall–Kier alpha value is -2.14. The van der Waals surface area contributed by atoms with E-state index in [-0.39, 0.29) is 11.9 Å². The molecule has 0 bridgehead atoms. The summed E-state index contributed by atoms with van der Waals surface area (Å²) in [7, 11) is 0. The number of aryl methyl sites for hydroxylation is 1. The van der Waals surface area contributed by atoms with Crippen molar-refractivity contribution in [1.82, 2.24) is 15.2 Å². The Kier molecular flexibility index (Phi) is 5.30. The molecule has 2 heterocycles. The zero-order chi connectivity index (χ0) is 16.9. The van der Waals surface area contributed by atoms with E-state index in [1.807, 2.05) is 35.2 Å². The molecule has 0 aliphatic carbocycles. The molecule has 1 saturated heterocycles. The lowest BCUT2D eigenvalue weighted by atomic mass is 10.1. The zero-order valence-electron chi connectivity index (χ0n) is 14.4. The smallest absolute Gasteiger partial charge is 0.222 e. The largest absolute Gasteiger partial charge is 0.441 e. The second-order valence-corrected chi connectivity index (χ2v) is 6.41. The molecule has 2 atom stereocenters. The van der Waals surface area contributed by atoms with Crippen LogP contribution in [0.5, 0.6) is 0 Å². The fourth-order valence-electron chi connectivity index (χ4n) is 3.10. The molecular formula is C19H25N3O2. The quantitative estimate of drug-likeness (QED) is 0.917. The maximum Gasteiger partial charge on any atom is 0.222 e. The minimum atomic E-state index is 0.227. The third-order valence-corrected chi connectivity index (χ3v) is 4.75. The first kappa shape index (κ1) is 16.7. The van der Waals surface area contributed by atoms with E-state index in [2.05, 4.69) is 24.1 Å². The van der Waals surface area contributed by atoms with Crippen molar-refractivity contribution in [3.63, 3.8) is 0 Å². The van der Waals surface area contributed by atoms with Crippen molar-refractivity contribution < 1.29 is 9.21 Å². The number of rotatable bonds is 5. The Morgan fingerprint density at radius 2 is 2.12 bits per heavy atom. The normalized spacial score (nSPS) is 21.0. The Balaban J connectivity index is 1.50. The lowest BCUT2D eigenvalue weighted by Gasteiger charge is -2.38. The summed E-state index contributed by atoms with van der Waals surface area (Å²) >= 11 is 0. The van der Waals surface area contributed by atoms with Crippen molar-refractivity contribution in [3.05, 3.63) is 42.4 Å². The number of carbonyl (C=O) groups is 1. The highest BCUT2D eigenvalue weighted by molar-refractivity contribution is 5.76. The summed E-state index contributed by atoms with van der Waals surface area (Å²) in [6.07, 6.45) is 3.75. The highest BCUT2D eigenvalue weighted by atomic mass is 16.4. The van der Waals surface area contributed by atoms with Crippen LogP contribution in [0.4, 0.5) is 0 Å². The molecular weight excluding hydrogens is 302 g/mol. The van der Waals surface area contributed by atoms with E-state index in [4.69, 9.17) is 4.42 Å². The number of benzene rings is 1. The second kappa shape index (κ2) is 7.62. The van der Waals surface area contributed by atoms with Crippen molar-refractivity contribution >= 4 is 5.91 Å². The molecule has 1 aromatic carbocycles. The standard InChI is InChI=1S/C19H25N3O2/c1-14-15(2)22(12-11-20-14)19(23)10-6-9-18-21-13-17(24-18)16-7-4-3-5-8-16/h3-5,7-8,13-15,20H,6,9-12H2,1-2H3. The number of hydrogen-bond acceptors (Lipinski definition) is 4. The lowest BCUT2D eigenvalue weighted by Crippen LogP contribution is -2.57. The van der Waals surface area contributed by atoms with Crippen LogP contribution in [0.1, 0.15) is 32.6 Å². The van der Waals surface area contributed by atoms with E-state index in [0.717, 1.165) is 30.8 Å². The maximum atomic E-state index is 12.4. The van der Waals surface area contributed by atoms with Crippen LogP contribution in [-0.4, -0.2) is 41.0 Å². The molecule has 1 aliphatic heterocycles. The van der Waals surface area contributed by atoms with Crippen LogP contribution in [0.25, 0.3) is 11.3 Å². The van der Waals surface area contributed by atoms with E-state index in [1.165, 1.54) is 0 Å². The number of carbonyl (C=O) groups excluding carboxylic acids is 1. The summed E-state index contributed by atoms with van der Waals surface area (Å²) < 4.78 is 5.79. The minimum absolute atomic E-state index is 0.227. The number of nitrogens with one attached hydrogen (secondary N) is 1. The number of piperazine rings is 1. The zero-order valence-corrected chi connectivity index (χ0v) is 14.4. The molecule has 3 rings (SSSR count). The number of nitrogens with zero attached hydrogens (tertiary/aromatic N) is 2. The molecule has 5 nitrogen and oxygen atoms in total. The Morgan fingerprint density at radius 1 is 1.33 bits per heavy atom. The van der Waals surface area contributed by atoms with Gasteiger partial charge < -0.3 is 14.6 Å². The summed E-state index contributed by atoms with van der Waals surface area (Å²) in [6, 6.07) is 10.5. The van der Waals surface area contributed by atoms with E-state index in [9.17, 15) is 4.79 Å². The van der Waals surface area contributed by atoms with Crippen molar-refractivity contribution in [3.8, 4) is 11.3 Å². The monoisotopic (exact) mass is 327 g/mol. The molecule has 1 aromatic heterocycles. The first-order chi connectivity index (χ1) is 11.6. The van der Waals surface area contributed by atoms with Gasteiger partial charge in [-0.05, 0) is 20.3 Å². The predicted molar refractivity (Wildman–Crippen MR) is 93.5 cm³/mol. The van der Waals surface area contributed by atoms with Gasteiger partial charge in [0.05, 0.1) is 6.20 Å². The topological polar surface area (TPSA) is 58.4 Å². The Morgan fingerprint density at radius 3 is 2.92 bits per heavy atom. The van der Waals surface area contributed by atoms with Crippen LogP contribution >= 0.6 is 0 Å². The average Bonchev–Trinajstić information content (AvgIpc) is 3.07. The first-order valence-corrected chi connectivity index (χ1v) is 8.68. The third-order valence-electron chi connectivity index (χ3n) is 4.75. The highest BCUT2D eigenvalue weighted by Crippen LogP contribution is 2.20. The predicted octanol–water partition coefficient (Wildman–Crippen LogP) is 2.87. The van der Waals surface area contributed by atoms with Gasteiger partial charge in [-0.1, -0.05) is 30.3 Å². The van der Waals surface area contributed by atoms with Crippen molar-refractivity contribution in [2.75, 3.05) is 13.1 Å². The van der Waals surface area contributed by atoms with Gasteiger partial charge in [0, 0.05) is 43.6 Å². The summed E-state index contributed by atoms with van der Waals surface area (Å²) in [5.41, 5.74) is 1.02. The van der Waals surface area contributed by atoms with Gasteiger partial charge >= 0.3 is 0 Å². The average molecular weight is 327 g/mol. The fraction of sp³-hybridized carbons (Fsp3) is 0.474. The van der Waals surface area contributed by atoms with Gasteiger partial charge in [-0.2, -0.15) is 0 Å². The molecule has 1 fully saturated rings.